The van der Waals surface area contributed by atoms with Gasteiger partial charge >= 0.3 is 0 Å². The third kappa shape index (κ3) is 2.77. The van der Waals surface area contributed by atoms with Crippen LogP contribution in [-0.4, -0.2) is 11.7 Å². The van der Waals surface area contributed by atoms with E-state index in [4.69, 9.17) is 9.15 Å². The van der Waals surface area contributed by atoms with Crippen LogP contribution in [0.5, 0.6) is 11.5 Å². The lowest BCUT2D eigenvalue weighted by Crippen LogP contribution is -2.10. The molecule has 0 radical (unpaired) electrons. The molecule has 0 saturated carbocycles. The molecule has 23 heavy (non-hydrogen) atoms. The van der Waals surface area contributed by atoms with E-state index in [0.29, 0.717) is 16.5 Å². The van der Waals surface area contributed by atoms with Gasteiger partial charge in [-0.25, -0.2) is 0 Å². The van der Waals surface area contributed by atoms with Gasteiger partial charge in [0.1, 0.15) is 17.9 Å². The van der Waals surface area contributed by atoms with Crippen molar-refractivity contribution in [2.75, 3.05) is 6.61 Å². The van der Waals surface area contributed by atoms with E-state index in [2.05, 4.69) is 11.8 Å². The van der Waals surface area contributed by atoms with E-state index in [9.17, 15) is 9.90 Å². The summed E-state index contributed by atoms with van der Waals surface area (Å²) < 4.78 is 11.4. The van der Waals surface area contributed by atoms with E-state index in [1.54, 1.807) is 49.4 Å². The zero-order chi connectivity index (χ0) is 16.2. The van der Waals surface area contributed by atoms with Gasteiger partial charge < -0.3 is 14.3 Å². The van der Waals surface area contributed by atoms with E-state index in [1.165, 1.54) is 6.07 Å². The molecule has 3 aromatic rings. The highest BCUT2D eigenvalue weighted by Gasteiger charge is 2.19. The molecule has 1 N–H and O–H groups in total. The van der Waals surface area contributed by atoms with Gasteiger partial charge in [0.25, 0.3) is 0 Å². The molecule has 0 aliphatic rings. The van der Waals surface area contributed by atoms with Gasteiger partial charge in [-0.3, -0.25) is 4.79 Å². The molecule has 4 nitrogen and oxygen atoms in total. The van der Waals surface area contributed by atoms with Gasteiger partial charge in [-0.2, -0.15) is 0 Å². The normalized spacial score (nSPS) is 10.1. The molecule has 1 aromatic heterocycles. The Morgan fingerprint density at radius 3 is 2.65 bits per heavy atom. The van der Waals surface area contributed by atoms with Crippen molar-refractivity contribution in [1.82, 2.24) is 0 Å². The van der Waals surface area contributed by atoms with Crippen LogP contribution in [-0.2, 0) is 0 Å². The Hall–Kier alpha value is -3.19. The first-order valence-corrected chi connectivity index (χ1v) is 7.09. The Morgan fingerprint density at radius 1 is 1.13 bits per heavy atom. The fourth-order valence-electron chi connectivity index (χ4n) is 2.28. The Morgan fingerprint density at radius 2 is 1.87 bits per heavy atom. The van der Waals surface area contributed by atoms with Gasteiger partial charge in [0.2, 0.25) is 11.2 Å². The van der Waals surface area contributed by atoms with Crippen LogP contribution in [0.4, 0.5) is 0 Å². The third-order valence-electron chi connectivity index (χ3n) is 3.37. The summed E-state index contributed by atoms with van der Waals surface area (Å²) in [6.45, 7) is 1.76. The number of hydrogen-bond donors (Lipinski definition) is 1. The Balaban J connectivity index is 2.29. The number of aromatic hydroxyl groups is 1. The van der Waals surface area contributed by atoms with Crippen LogP contribution in [0, 0.1) is 11.8 Å². The SMILES string of the molecule is CC#CCOc1c(-c2ccccc2O)oc2ccccc2c1=O. The summed E-state index contributed by atoms with van der Waals surface area (Å²) in [6.07, 6.45) is 0. The molecule has 0 bridgehead atoms. The first-order valence-electron chi connectivity index (χ1n) is 7.09. The molecule has 0 amide bonds. The molecule has 0 atom stereocenters. The van der Waals surface area contributed by atoms with Gasteiger partial charge in [0.15, 0.2) is 5.76 Å². The number of phenolic OH excluding ortho intramolecular Hbond substituents is 1. The van der Waals surface area contributed by atoms with E-state index < -0.39 is 0 Å². The van der Waals surface area contributed by atoms with E-state index in [0.717, 1.165) is 0 Å². The summed E-state index contributed by atoms with van der Waals surface area (Å²) >= 11 is 0. The van der Waals surface area contributed by atoms with Gasteiger partial charge in [0, 0.05) is 0 Å². The van der Waals surface area contributed by atoms with Crippen LogP contribution in [0.3, 0.4) is 0 Å². The molecule has 0 fully saturated rings. The summed E-state index contributed by atoms with van der Waals surface area (Å²) in [5.41, 5.74) is 0.544. The standard InChI is InChI=1S/C19H14O4/c1-2-3-12-22-19-17(21)14-9-5-7-11-16(14)23-18(19)13-8-4-6-10-15(13)20/h4-11,20H,12H2,1H3. The Bertz CT molecular complexity index is 974. The number of ether oxygens (including phenoxy) is 1. The van der Waals surface area contributed by atoms with Crippen LogP contribution in [0.15, 0.2) is 57.7 Å². The molecule has 0 saturated heterocycles. The van der Waals surface area contributed by atoms with Gasteiger partial charge in [-0.1, -0.05) is 30.2 Å². The number of fused-ring (bicyclic) bond motifs is 1. The minimum absolute atomic E-state index is 0.0114. The lowest BCUT2D eigenvalue weighted by molar-refractivity contribution is 0.357. The van der Waals surface area contributed by atoms with E-state index >= 15 is 0 Å². The maximum atomic E-state index is 12.7. The smallest absolute Gasteiger partial charge is 0.235 e. The second kappa shape index (κ2) is 6.29. The minimum atomic E-state index is -0.289. The summed E-state index contributed by atoms with van der Waals surface area (Å²) in [5.74, 6) is 5.72. The lowest BCUT2D eigenvalue weighted by Gasteiger charge is -2.11. The molecule has 114 valence electrons. The van der Waals surface area contributed by atoms with Gasteiger partial charge in [0.05, 0.1) is 10.9 Å². The van der Waals surface area contributed by atoms with Crippen LogP contribution < -0.4 is 10.2 Å². The predicted molar refractivity (Wildman–Crippen MR) is 88.5 cm³/mol. The molecular formula is C19H14O4. The van der Waals surface area contributed by atoms with Crippen molar-refractivity contribution >= 4 is 11.0 Å². The van der Waals surface area contributed by atoms with Crippen molar-refractivity contribution < 1.29 is 14.3 Å². The molecule has 1 heterocycles. The number of hydrogen-bond acceptors (Lipinski definition) is 4. The maximum Gasteiger partial charge on any atom is 0.235 e. The molecule has 2 aromatic carbocycles. The zero-order valence-electron chi connectivity index (χ0n) is 12.5. The summed E-state index contributed by atoms with van der Waals surface area (Å²) in [7, 11) is 0. The van der Waals surface area contributed by atoms with Gasteiger partial charge in [-0.05, 0) is 31.2 Å². The number of benzene rings is 2. The largest absolute Gasteiger partial charge is 0.507 e. The number of phenols is 1. The first-order chi connectivity index (χ1) is 11.2. The van der Waals surface area contributed by atoms with Crippen LogP contribution in [0.2, 0.25) is 0 Å². The van der Waals surface area contributed by atoms with E-state index in [-0.39, 0.29) is 29.3 Å². The van der Waals surface area contributed by atoms with E-state index in [1.807, 2.05) is 0 Å². The first kappa shape index (κ1) is 14.7. The summed E-state index contributed by atoms with van der Waals surface area (Å²) in [5, 5.41) is 10.5. The summed E-state index contributed by atoms with van der Waals surface area (Å²) in [6, 6.07) is 13.6. The molecule has 0 aliphatic carbocycles. The summed E-state index contributed by atoms with van der Waals surface area (Å²) in [4.78, 5) is 12.7. The molecule has 3 rings (SSSR count). The zero-order valence-corrected chi connectivity index (χ0v) is 12.5. The van der Waals surface area contributed by atoms with Crippen molar-refractivity contribution in [3.05, 3.63) is 58.8 Å². The van der Waals surface area contributed by atoms with Crippen molar-refractivity contribution in [2.24, 2.45) is 0 Å². The molecule has 0 aliphatic heterocycles. The maximum absolute atomic E-state index is 12.7. The molecule has 4 heteroatoms. The average Bonchev–Trinajstić information content (AvgIpc) is 2.57. The second-order valence-electron chi connectivity index (χ2n) is 4.82. The highest BCUT2D eigenvalue weighted by atomic mass is 16.5. The predicted octanol–water partition coefficient (Wildman–Crippen LogP) is 3.57. The molecular weight excluding hydrogens is 292 g/mol. The molecule has 0 unspecified atom stereocenters. The van der Waals surface area contributed by atoms with Crippen molar-refractivity contribution in [3.8, 4) is 34.7 Å². The monoisotopic (exact) mass is 306 g/mol. The third-order valence-corrected chi connectivity index (χ3v) is 3.37. The second-order valence-corrected chi connectivity index (χ2v) is 4.82. The number of rotatable bonds is 3. The molecule has 0 spiro atoms. The van der Waals surface area contributed by atoms with Gasteiger partial charge in [-0.15, -0.1) is 5.92 Å². The van der Waals surface area contributed by atoms with Crippen LogP contribution in [0.25, 0.3) is 22.3 Å². The quantitative estimate of drug-likeness (QED) is 0.752. The fourth-order valence-corrected chi connectivity index (χ4v) is 2.28. The lowest BCUT2D eigenvalue weighted by atomic mass is 10.1. The highest BCUT2D eigenvalue weighted by molar-refractivity contribution is 5.83. The Kier molecular flexibility index (Phi) is 4.03. The van der Waals surface area contributed by atoms with Crippen LogP contribution >= 0.6 is 0 Å². The van der Waals surface area contributed by atoms with Crippen molar-refractivity contribution in [3.63, 3.8) is 0 Å². The fraction of sp³-hybridized carbons (Fsp3) is 0.105. The van der Waals surface area contributed by atoms with Crippen molar-refractivity contribution in [1.29, 1.82) is 0 Å². The topological polar surface area (TPSA) is 59.7 Å². The minimum Gasteiger partial charge on any atom is -0.507 e. The average molecular weight is 306 g/mol. The van der Waals surface area contributed by atoms with Crippen molar-refractivity contribution in [2.45, 2.75) is 6.92 Å². The number of para-hydroxylation sites is 2. The highest BCUT2D eigenvalue weighted by Crippen LogP contribution is 2.35. The van der Waals surface area contributed by atoms with Crippen LogP contribution in [0.1, 0.15) is 6.92 Å². The Labute approximate surface area is 133 Å².